The predicted molar refractivity (Wildman–Crippen MR) is 84.5 cm³/mol. The fourth-order valence-electron chi connectivity index (χ4n) is 2.96. The van der Waals surface area contributed by atoms with E-state index >= 15 is 0 Å². The van der Waals surface area contributed by atoms with Gasteiger partial charge in [0, 0.05) is 19.0 Å². The van der Waals surface area contributed by atoms with Gasteiger partial charge in [0.1, 0.15) is 12.2 Å². The van der Waals surface area contributed by atoms with Crippen molar-refractivity contribution in [1.82, 2.24) is 25.4 Å². The molecule has 1 aromatic carbocycles. The number of fused-ring (bicyclic) bond motifs is 2. The summed E-state index contributed by atoms with van der Waals surface area (Å²) in [5.41, 5.74) is 0.984. The molecule has 1 amide bonds. The smallest absolute Gasteiger partial charge is 0.234 e. The molecule has 0 bridgehead atoms. The van der Waals surface area contributed by atoms with E-state index in [-0.39, 0.29) is 18.7 Å². The lowest BCUT2D eigenvalue weighted by Crippen LogP contribution is -2.43. The zero-order valence-corrected chi connectivity index (χ0v) is 13.2. The van der Waals surface area contributed by atoms with E-state index in [1.165, 1.54) is 0 Å². The lowest BCUT2D eigenvalue weighted by atomic mass is 10.1. The Labute approximate surface area is 139 Å². The van der Waals surface area contributed by atoms with Crippen LogP contribution in [0.1, 0.15) is 17.8 Å². The van der Waals surface area contributed by atoms with Crippen molar-refractivity contribution in [3.63, 3.8) is 0 Å². The normalized spacial score (nSPS) is 18.2. The van der Waals surface area contributed by atoms with Crippen molar-refractivity contribution < 1.29 is 14.3 Å². The molecular formula is C16H19N5O3. The van der Waals surface area contributed by atoms with Gasteiger partial charge < -0.3 is 20.1 Å². The summed E-state index contributed by atoms with van der Waals surface area (Å²) in [4.78, 5) is 16.2. The molecule has 0 spiro atoms. The van der Waals surface area contributed by atoms with E-state index in [0.717, 1.165) is 42.3 Å². The Bertz CT molecular complexity index is 745. The average Bonchev–Trinajstić information content (AvgIpc) is 3.25. The summed E-state index contributed by atoms with van der Waals surface area (Å²) < 4.78 is 12.5. The van der Waals surface area contributed by atoms with Gasteiger partial charge in [-0.2, -0.15) is 5.10 Å². The molecule has 0 unspecified atom stereocenters. The highest BCUT2D eigenvalue weighted by atomic mass is 16.7. The number of rotatable bonds is 5. The zero-order valence-electron chi connectivity index (χ0n) is 13.2. The molecule has 2 N–H and O–H groups in total. The molecule has 0 aliphatic carbocycles. The van der Waals surface area contributed by atoms with Crippen LogP contribution in [0.4, 0.5) is 0 Å². The Morgan fingerprint density at radius 3 is 3.21 bits per heavy atom. The maximum absolute atomic E-state index is 12.0. The highest BCUT2D eigenvalue weighted by Gasteiger charge is 2.20. The molecule has 126 valence electrons. The summed E-state index contributed by atoms with van der Waals surface area (Å²) >= 11 is 0. The van der Waals surface area contributed by atoms with Crippen LogP contribution >= 0.6 is 0 Å². The van der Waals surface area contributed by atoms with E-state index < -0.39 is 0 Å². The number of aromatic nitrogens is 3. The molecule has 0 saturated carbocycles. The first-order valence-electron chi connectivity index (χ1n) is 8.03. The monoisotopic (exact) mass is 329 g/mol. The quantitative estimate of drug-likeness (QED) is 0.816. The van der Waals surface area contributed by atoms with Gasteiger partial charge in [0.05, 0.1) is 13.1 Å². The first-order valence-corrected chi connectivity index (χ1v) is 8.03. The fourth-order valence-corrected chi connectivity index (χ4v) is 2.96. The SMILES string of the molecule is O=C(CN[C@@H]1CCc2ncnn2C1)NCc1ccc2c(c1)OCO2. The number of hydrogen-bond donors (Lipinski definition) is 2. The number of nitrogens with one attached hydrogen (secondary N) is 2. The van der Waals surface area contributed by atoms with E-state index in [0.29, 0.717) is 13.1 Å². The number of amides is 1. The van der Waals surface area contributed by atoms with E-state index in [1.54, 1.807) is 6.33 Å². The molecule has 8 heteroatoms. The summed E-state index contributed by atoms with van der Waals surface area (Å²) in [5.74, 6) is 2.46. The highest BCUT2D eigenvalue weighted by molar-refractivity contribution is 5.78. The summed E-state index contributed by atoms with van der Waals surface area (Å²) in [6.45, 7) is 1.77. The molecule has 8 nitrogen and oxygen atoms in total. The van der Waals surface area contributed by atoms with Crippen LogP contribution in [-0.2, 0) is 24.3 Å². The lowest BCUT2D eigenvalue weighted by Gasteiger charge is -2.23. The number of hydrogen-bond acceptors (Lipinski definition) is 6. The molecule has 0 radical (unpaired) electrons. The molecule has 2 aromatic rings. The van der Waals surface area contributed by atoms with Crippen LogP contribution in [0.25, 0.3) is 0 Å². The van der Waals surface area contributed by atoms with Crippen LogP contribution in [0.5, 0.6) is 11.5 Å². The number of nitrogens with zero attached hydrogens (tertiary/aromatic N) is 3. The Morgan fingerprint density at radius 2 is 2.25 bits per heavy atom. The molecule has 0 fully saturated rings. The van der Waals surface area contributed by atoms with Crippen molar-refractivity contribution in [3.8, 4) is 11.5 Å². The number of carbonyl (C=O) groups excluding carboxylic acids is 1. The third-order valence-corrected chi connectivity index (χ3v) is 4.28. The first kappa shape index (κ1) is 14.9. The van der Waals surface area contributed by atoms with Gasteiger partial charge in [-0.05, 0) is 24.1 Å². The number of ether oxygens (including phenoxy) is 2. The van der Waals surface area contributed by atoms with E-state index in [9.17, 15) is 4.79 Å². The fraction of sp³-hybridized carbons (Fsp3) is 0.438. The predicted octanol–water partition coefficient (Wildman–Crippen LogP) is 0.228. The lowest BCUT2D eigenvalue weighted by molar-refractivity contribution is -0.120. The maximum atomic E-state index is 12.0. The average molecular weight is 329 g/mol. The summed E-state index contributed by atoms with van der Waals surface area (Å²) in [6, 6.07) is 5.92. The molecule has 1 atom stereocenters. The number of benzene rings is 1. The van der Waals surface area contributed by atoms with Gasteiger partial charge in [-0.15, -0.1) is 0 Å². The second-order valence-electron chi connectivity index (χ2n) is 5.94. The maximum Gasteiger partial charge on any atom is 0.234 e. The highest BCUT2D eigenvalue weighted by Crippen LogP contribution is 2.32. The van der Waals surface area contributed by atoms with Crippen molar-refractivity contribution in [1.29, 1.82) is 0 Å². The molecule has 24 heavy (non-hydrogen) atoms. The molecule has 4 rings (SSSR count). The third kappa shape index (κ3) is 3.18. The molecular weight excluding hydrogens is 310 g/mol. The van der Waals surface area contributed by atoms with Gasteiger partial charge >= 0.3 is 0 Å². The van der Waals surface area contributed by atoms with Crippen molar-refractivity contribution in [3.05, 3.63) is 35.9 Å². The van der Waals surface area contributed by atoms with Crippen LogP contribution in [0.2, 0.25) is 0 Å². The van der Waals surface area contributed by atoms with Crippen LogP contribution in [-0.4, -0.2) is 40.1 Å². The Balaban J connectivity index is 1.23. The topological polar surface area (TPSA) is 90.3 Å². The van der Waals surface area contributed by atoms with Crippen LogP contribution in [0.15, 0.2) is 24.5 Å². The Hall–Kier alpha value is -2.61. The molecule has 1 aromatic heterocycles. The van der Waals surface area contributed by atoms with E-state index in [4.69, 9.17) is 9.47 Å². The molecule has 3 heterocycles. The summed E-state index contributed by atoms with van der Waals surface area (Å²) in [6.07, 6.45) is 3.43. The number of carbonyl (C=O) groups is 1. The van der Waals surface area contributed by atoms with Gasteiger partial charge in [0.25, 0.3) is 0 Å². The van der Waals surface area contributed by atoms with Gasteiger partial charge in [0.2, 0.25) is 12.7 Å². The van der Waals surface area contributed by atoms with Gasteiger partial charge in [-0.25, -0.2) is 9.67 Å². The summed E-state index contributed by atoms with van der Waals surface area (Å²) in [5, 5.41) is 10.4. The standard InChI is InChI=1S/C16H19N5O3/c22-16(7-17-12-2-4-15-19-9-20-21(15)8-12)18-6-11-1-3-13-14(5-11)24-10-23-13/h1,3,5,9,12,17H,2,4,6-8,10H2,(H,18,22)/t12-/m1/s1. The van der Waals surface area contributed by atoms with Gasteiger partial charge in [-0.3, -0.25) is 4.79 Å². The second-order valence-corrected chi connectivity index (χ2v) is 5.94. The largest absolute Gasteiger partial charge is 0.454 e. The van der Waals surface area contributed by atoms with Crippen LogP contribution < -0.4 is 20.1 Å². The molecule has 0 saturated heterocycles. The zero-order chi connectivity index (χ0) is 16.4. The van der Waals surface area contributed by atoms with E-state index in [2.05, 4.69) is 20.7 Å². The van der Waals surface area contributed by atoms with Crippen molar-refractivity contribution in [2.75, 3.05) is 13.3 Å². The number of aryl methyl sites for hydroxylation is 1. The minimum Gasteiger partial charge on any atom is -0.454 e. The minimum atomic E-state index is -0.0305. The van der Waals surface area contributed by atoms with Crippen molar-refractivity contribution in [2.24, 2.45) is 0 Å². The van der Waals surface area contributed by atoms with E-state index in [1.807, 2.05) is 22.9 Å². The van der Waals surface area contributed by atoms with Gasteiger partial charge in [-0.1, -0.05) is 6.07 Å². The van der Waals surface area contributed by atoms with Crippen LogP contribution in [0.3, 0.4) is 0 Å². The first-order chi connectivity index (χ1) is 11.8. The second kappa shape index (κ2) is 6.48. The third-order valence-electron chi connectivity index (χ3n) is 4.28. The Morgan fingerprint density at radius 1 is 1.33 bits per heavy atom. The van der Waals surface area contributed by atoms with Gasteiger partial charge in [0.15, 0.2) is 11.5 Å². The molecule has 2 aliphatic rings. The van der Waals surface area contributed by atoms with Crippen LogP contribution in [0, 0.1) is 0 Å². The minimum absolute atomic E-state index is 0.0305. The van der Waals surface area contributed by atoms with Crippen molar-refractivity contribution in [2.45, 2.75) is 32.0 Å². The molecule has 2 aliphatic heterocycles. The van der Waals surface area contributed by atoms with Crippen molar-refractivity contribution >= 4 is 5.91 Å². The Kier molecular flexibility index (Phi) is 4.04. The summed E-state index contributed by atoms with van der Waals surface area (Å²) in [7, 11) is 0.